The van der Waals surface area contributed by atoms with Crippen LogP contribution in [0.4, 0.5) is 5.69 Å². The molecule has 4 aromatic rings. The highest BCUT2D eigenvalue weighted by Crippen LogP contribution is 2.20. The van der Waals surface area contributed by atoms with E-state index >= 15 is 0 Å². The summed E-state index contributed by atoms with van der Waals surface area (Å²) in [5, 5.41) is 12.4. The van der Waals surface area contributed by atoms with Crippen LogP contribution in [-0.2, 0) is 0 Å². The SMILES string of the molecule is O=c1ccn(-c2ccc(N3CCNCC3)cc2)nc1-c1ccnn1-c1ccccc1. The molecule has 7 heteroatoms. The summed E-state index contributed by atoms with van der Waals surface area (Å²) in [5.74, 6) is 0. The highest BCUT2D eigenvalue weighted by Gasteiger charge is 2.14. The minimum absolute atomic E-state index is 0.138. The van der Waals surface area contributed by atoms with Gasteiger partial charge >= 0.3 is 0 Å². The molecule has 1 N–H and O–H groups in total. The van der Waals surface area contributed by atoms with Gasteiger partial charge in [-0.25, -0.2) is 9.36 Å². The van der Waals surface area contributed by atoms with Gasteiger partial charge in [0.2, 0.25) is 5.43 Å². The zero-order valence-electron chi connectivity index (χ0n) is 16.5. The number of anilines is 1. The van der Waals surface area contributed by atoms with Gasteiger partial charge in [0.1, 0.15) is 0 Å². The minimum atomic E-state index is -0.138. The van der Waals surface area contributed by atoms with Crippen molar-refractivity contribution in [1.29, 1.82) is 0 Å². The molecule has 0 spiro atoms. The molecule has 30 heavy (non-hydrogen) atoms. The summed E-state index contributed by atoms with van der Waals surface area (Å²) in [4.78, 5) is 15.0. The van der Waals surface area contributed by atoms with E-state index in [4.69, 9.17) is 0 Å². The molecule has 0 saturated carbocycles. The average Bonchev–Trinajstić information content (AvgIpc) is 3.30. The third-order valence-corrected chi connectivity index (χ3v) is 5.29. The van der Waals surface area contributed by atoms with Gasteiger partial charge < -0.3 is 10.2 Å². The van der Waals surface area contributed by atoms with Gasteiger partial charge in [0.05, 0.1) is 23.3 Å². The number of aromatic nitrogens is 4. The maximum atomic E-state index is 12.6. The number of benzene rings is 2. The summed E-state index contributed by atoms with van der Waals surface area (Å²) in [6.45, 7) is 4.01. The van der Waals surface area contributed by atoms with Gasteiger partial charge in [-0.15, -0.1) is 0 Å². The lowest BCUT2D eigenvalue weighted by Gasteiger charge is -2.29. The third-order valence-electron chi connectivity index (χ3n) is 5.29. The highest BCUT2D eigenvalue weighted by molar-refractivity contribution is 5.57. The molecule has 0 radical (unpaired) electrons. The number of hydrogen-bond donors (Lipinski definition) is 1. The molecule has 5 rings (SSSR count). The van der Waals surface area contributed by atoms with Crippen LogP contribution in [0.1, 0.15) is 0 Å². The lowest BCUT2D eigenvalue weighted by Crippen LogP contribution is -2.43. The van der Waals surface area contributed by atoms with Crippen LogP contribution in [0, 0.1) is 0 Å². The Morgan fingerprint density at radius 3 is 2.30 bits per heavy atom. The maximum Gasteiger partial charge on any atom is 0.209 e. The molecule has 1 aliphatic heterocycles. The van der Waals surface area contributed by atoms with Crippen LogP contribution in [0.3, 0.4) is 0 Å². The fourth-order valence-electron chi connectivity index (χ4n) is 3.73. The first-order chi connectivity index (χ1) is 14.8. The van der Waals surface area contributed by atoms with Gasteiger partial charge in [-0.3, -0.25) is 4.79 Å². The molecule has 1 fully saturated rings. The molecule has 7 nitrogen and oxygen atoms in total. The van der Waals surface area contributed by atoms with Gasteiger partial charge in [0, 0.05) is 44.1 Å². The summed E-state index contributed by atoms with van der Waals surface area (Å²) < 4.78 is 3.47. The minimum Gasteiger partial charge on any atom is -0.369 e. The monoisotopic (exact) mass is 398 g/mol. The van der Waals surface area contributed by atoms with Crippen molar-refractivity contribution < 1.29 is 0 Å². The highest BCUT2D eigenvalue weighted by atomic mass is 16.1. The van der Waals surface area contributed by atoms with Gasteiger partial charge in [-0.1, -0.05) is 18.2 Å². The summed E-state index contributed by atoms with van der Waals surface area (Å²) in [6, 6.07) is 21.4. The number of piperazine rings is 1. The standard InChI is InChI=1S/C23H22N6O/c30-22-11-15-28(19-8-6-18(7-9-19)27-16-13-24-14-17-27)26-23(22)21-10-12-25-29(21)20-4-2-1-3-5-20/h1-12,15,24H,13-14,16-17H2. The second-order valence-electron chi connectivity index (χ2n) is 7.19. The van der Waals surface area contributed by atoms with E-state index in [0.29, 0.717) is 11.4 Å². The topological polar surface area (TPSA) is 68.0 Å². The van der Waals surface area contributed by atoms with E-state index in [1.807, 2.05) is 48.5 Å². The molecular formula is C23H22N6O. The Hall–Kier alpha value is -3.71. The largest absolute Gasteiger partial charge is 0.369 e. The molecule has 2 aromatic heterocycles. The molecule has 2 aromatic carbocycles. The number of hydrogen-bond acceptors (Lipinski definition) is 5. The van der Waals surface area contributed by atoms with Crippen molar-refractivity contribution >= 4 is 5.69 Å². The molecule has 1 saturated heterocycles. The van der Waals surface area contributed by atoms with Crippen molar-refractivity contribution in [3.8, 4) is 22.8 Å². The summed E-state index contributed by atoms with van der Waals surface area (Å²) in [7, 11) is 0. The first-order valence-corrected chi connectivity index (χ1v) is 10.1. The van der Waals surface area contributed by atoms with Crippen molar-refractivity contribution in [2.45, 2.75) is 0 Å². The Kier molecular flexibility index (Phi) is 4.86. The fourth-order valence-corrected chi connectivity index (χ4v) is 3.73. The maximum absolute atomic E-state index is 12.6. The normalized spacial score (nSPS) is 14.1. The molecule has 0 aliphatic carbocycles. The van der Waals surface area contributed by atoms with E-state index in [0.717, 1.165) is 37.6 Å². The smallest absolute Gasteiger partial charge is 0.209 e. The zero-order chi connectivity index (χ0) is 20.3. The summed E-state index contributed by atoms with van der Waals surface area (Å²) >= 11 is 0. The molecular weight excluding hydrogens is 376 g/mol. The summed E-state index contributed by atoms with van der Waals surface area (Å²) in [6.07, 6.45) is 3.39. The van der Waals surface area contributed by atoms with Gasteiger partial charge in [0.25, 0.3) is 0 Å². The third kappa shape index (κ3) is 3.51. The van der Waals surface area contributed by atoms with Gasteiger partial charge in [-0.05, 0) is 42.5 Å². The Labute approximate surface area is 174 Å². The van der Waals surface area contributed by atoms with E-state index in [1.54, 1.807) is 27.8 Å². The van der Waals surface area contributed by atoms with Crippen molar-refractivity contribution in [1.82, 2.24) is 24.9 Å². The summed E-state index contributed by atoms with van der Waals surface area (Å²) in [5.41, 5.74) is 3.88. The Morgan fingerprint density at radius 2 is 1.53 bits per heavy atom. The van der Waals surface area contributed by atoms with Gasteiger partial charge in [-0.2, -0.15) is 10.2 Å². The predicted molar refractivity (Wildman–Crippen MR) is 117 cm³/mol. The first kappa shape index (κ1) is 18.3. The van der Waals surface area contributed by atoms with E-state index in [1.165, 1.54) is 5.69 Å². The lowest BCUT2D eigenvalue weighted by atomic mass is 10.2. The lowest BCUT2D eigenvalue weighted by molar-refractivity contribution is 0.589. The quantitative estimate of drug-likeness (QED) is 0.572. The van der Waals surface area contributed by atoms with Crippen molar-refractivity contribution in [3.63, 3.8) is 0 Å². The van der Waals surface area contributed by atoms with Crippen LogP contribution in [0.2, 0.25) is 0 Å². The van der Waals surface area contributed by atoms with E-state index in [2.05, 4.69) is 32.5 Å². The van der Waals surface area contributed by atoms with Crippen LogP contribution in [0.15, 0.2) is 83.9 Å². The van der Waals surface area contributed by atoms with Crippen LogP contribution in [0.25, 0.3) is 22.8 Å². The second-order valence-corrected chi connectivity index (χ2v) is 7.19. The van der Waals surface area contributed by atoms with Crippen LogP contribution < -0.4 is 15.6 Å². The molecule has 0 atom stereocenters. The number of para-hydroxylation sites is 1. The second kappa shape index (κ2) is 7.96. The number of nitrogens with one attached hydrogen (secondary N) is 1. The Bertz CT molecular complexity index is 1190. The van der Waals surface area contributed by atoms with Crippen LogP contribution >= 0.6 is 0 Å². The van der Waals surface area contributed by atoms with Crippen molar-refractivity contribution in [2.24, 2.45) is 0 Å². The molecule has 0 bridgehead atoms. The van der Waals surface area contributed by atoms with Crippen molar-refractivity contribution in [3.05, 3.63) is 89.3 Å². The van der Waals surface area contributed by atoms with Crippen LogP contribution in [0.5, 0.6) is 0 Å². The molecule has 0 amide bonds. The first-order valence-electron chi connectivity index (χ1n) is 10.1. The molecule has 0 unspecified atom stereocenters. The predicted octanol–water partition coefficient (Wildman–Crippen LogP) is 2.49. The fraction of sp³-hybridized carbons (Fsp3) is 0.174. The Balaban J connectivity index is 1.49. The number of nitrogens with zero attached hydrogens (tertiary/aromatic N) is 5. The average molecular weight is 398 g/mol. The van der Waals surface area contributed by atoms with E-state index in [9.17, 15) is 4.79 Å². The van der Waals surface area contributed by atoms with E-state index in [-0.39, 0.29) is 5.43 Å². The van der Waals surface area contributed by atoms with Crippen molar-refractivity contribution in [2.75, 3.05) is 31.1 Å². The molecule has 3 heterocycles. The zero-order valence-corrected chi connectivity index (χ0v) is 16.5. The van der Waals surface area contributed by atoms with E-state index < -0.39 is 0 Å². The molecule has 1 aliphatic rings. The molecule has 150 valence electrons. The van der Waals surface area contributed by atoms with Gasteiger partial charge in [0.15, 0.2) is 5.69 Å². The number of rotatable bonds is 4. The Morgan fingerprint density at radius 1 is 0.800 bits per heavy atom. The van der Waals surface area contributed by atoms with Crippen LogP contribution in [-0.4, -0.2) is 45.7 Å².